The summed E-state index contributed by atoms with van der Waals surface area (Å²) in [5, 5.41) is 2.08. The van der Waals surface area contributed by atoms with Gasteiger partial charge in [-0.05, 0) is 99.6 Å². The minimum absolute atomic E-state index is 0.0698. The predicted octanol–water partition coefficient (Wildman–Crippen LogP) is 14.2. The fourth-order valence-electron chi connectivity index (χ4n) is 8.02. The van der Waals surface area contributed by atoms with E-state index in [1.54, 1.807) is 60.2 Å². The Bertz CT molecular complexity index is 3810. The van der Waals surface area contributed by atoms with Gasteiger partial charge in [0.15, 0.2) is 0 Å². The lowest BCUT2D eigenvalue weighted by molar-refractivity contribution is -0.571. The zero-order valence-electron chi connectivity index (χ0n) is 47.2. The molecule has 5 heteroatoms. The highest BCUT2D eigenvalue weighted by Crippen LogP contribution is 2.38. The summed E-state index contributed by atoms with van der Waals surface area (Å²) in [5.74, 6) is 1.78. The van der Waals surface area contributed by atoms with Crippen LogP contribution in [0.3, 0.4) is 0 Å². The molecule has 0 N–H and O–H groups in total. The molecule has 0 saturated carbocycles. The maximum absolute atomic E-state index is 9.35. The van der Waals surface area contributed by atoms with E-state index < -0.39 is 72.2 Å². The lowest BCUT2D eigenvalue weighted by Crippen LogP contribution is -2.31. The van der Waals surface area contributed by atoms with Crippen molar-refractivity contribution in [2.45, 2.75) is 53.3 Å². The number of hydrogen-bond acceptors (Lipinski definition) is 2. The van der Waals surface area contributed by atoms with Gasteiger partial charge in [-0.3, -0.25) is 13.7 Å². The predicted molar refractivity (Wildman–Crippen MR) is 255 cm³/mol. The van der Waals surface area contributed by atoms with E-state index in [2.05, 4.69) is 49.9 Å². The average molecular weight is 819 g/mol. The molecule has 0 aliphatic heterocycles. The van der Waals surface area contributed by atoms with E-state index in [1.165, 1.54) is 6.07 Å². The van der Waals surface area contributed by atoms with Gasteiger partial charge >= 0.3 is 0 Å². The van der Waals surface area contributed by atoms with E-state index in [4.69, 9.17) is 23.4 Å². The number of para-hydroxylation sites is 2. The summed E-state index contributed by atoms with van der Waals surface area (Å²) in [6, 6.07) is 29.6. The first-order valence-electron chi connectivity index (χ1n) is 26.5. The van der Waals surface area contributed by atoms with Gasteiger partial charge in [0.05, 0.1) is 47.1 Å². The summed E-state index contributed by atoms with van der Waals surface area (Å²) >= 11 is 0. The Hall–Kier alpha value is -7.24. The maximum atomic E-state index is 9.35. The van der Waals surface area contributed by atoms with Crippen molar-refractivity contribution in [3.63, 3.8) is 0 Å². The topological polar surface area (TPSA) is 35.9 Å². The smallest absolute Gasteiger partial charge is 0.269 e. The van der Waals surface area contributed by atoms with Crippen LogP contribution in [0, 0.1) is 11.7 Å². The van der Waals surface area contributed by atoms with Gasteiger partial charge in [-0.1, -0.05) is 162 Å². The fraction of sp³-hybridized carbons (Fsp3) is 0.158. The van der Waals surface area contributed by atoms with Crippen molar-refractivity contribution in [2.24, 2.45) is 5.41 Å². The van der Waals surface area contributed by atoms with E-state index in [0.29, 0.717) is 33.8 Å². The highest BCUT2D eigenvalue weighted by molar-refractivity contribution is 6.09. The minimum atomic E-state index is -1.91. The van der Waals surface area contributed by atoms with Crippen LogP contribution in [0.5, 0.6) is 11.5 Å². The average Bonchev–Trinajstić information content (AvgIpc) is 3.93. The van der Waals surface area contributed by atoms with Crippen LogP contribution in [-0.2, 0) is 11.8 Å². The second kappa shape index (κ2) is 15.3. The van der Waals surface area contributed by atoms with Crippen LogP contribution in [0.25, 0.3) is 72.3 Å². The molecule has 10 aromatic rings. The molecular weight excluding hydrogens is 757 g/mol. The number of ether oxygens (including phenoxy) is 1. The molecule has 0 fully saturated rings. The molecule has 10 rings (SSSR count). The molecule has 62 heavy (non-hydrogen) atoms. The fourth-order valence-corrected chi connectivity index (χ4v) is 8.02. The number of hydrogen-bond donors (Lipinski definition) is 0. The SMILES string of the molecule is [2H]c1c([2H])c([2H])c(-c2cccc(-c3c([2H])c([2H])c([2H])c([2H])c3[2H])c2-[n+]2[c-]n(-c3cccc(Oc4ccc5c6ccccc6n(-c6cc(C(C)(C)C)ccn6)c5c4)c3)c3ccc(C([2H])([2H])C(C)(C)C)cc32)c([2H])c1[2H]. The Balaban J connectivity index is 1.21. The normalized spacial score (nSPS) is 15.1. The summed E-state index contributed by atoms with van der Waals surface area (Å²) in [5.41, 5.74) is 3.51. The number of fused-ring (bicyclic) bond motifs is 4. The second-order valence-electron chi connectivity index (χ2n) is 17.3. The molecule has 7 aromatic carbocycles. The van der Waals surface area contributed by atoms with Crippen molar-refractivity contribution in [1.82, 2.24) is 14.1 Å². The molecule has 3 heterocycles. The largest absolute Gasteiger partial charge is 0.458 e. The van der Waals surface area contributed by atoms with Crippen LogP contribution >= 0.6 is 0 Å². The van der Waals surface area contributed by atoms with Crippen LogP contribution in [0.15, 0.2) is 182 Å². The summed E-state index contributed by atoms with van der Waals surface area (Å²) in [7, 11) is 0. The van der Waals surface area contributed by atoms with Gasteiger partial charge < -0.3 is 4.74 Å². The van der Waals surface area contributed by atoms with Crippen LogP contribution in [-0.4, -0.2) is 14.1 Å². The van der Waals surface area contributed by atoms with Crippen molar-refractivity contribution < 1.29 is 25.8 Å². The van der Waals surface area contributed by atoms with Crippen LogP contribution in [0.1, 0.15) is 69.1 Å². The maximum Gasteiger partial charge on any atom is 0.269 e. The Morgan fingerprint density at radius 3 is 2.03 bits per heavy atom. The van der Waals surface area contributed by atoms with Crippen LogP contribution in [0.4, 0.5) is 0 Å². The number of nitrogens with zero attached hydrogens (tertiary/aromatic N) is 4. The molecule has 0 radical (unpaired) electrons. The van der Waals surface area contributed by atoms with Gasteiger partial charge in [-0.25, -0.2) is 4.98 Å². The molecule has 5 nitrogen and oxygen atoms in total. The van der Waals surface area contributed by atoms with Gasteiger partial charge in [-0.15, -0.1) is 0 Å². The first-order valence-corrected chi connectivity index (χ1v) is 20.5. The number of pyridine rings is 1. The van der Waals surface area contributed by atoms with E-state index in [9.17, 15) is 2.74 Å². The van der Waals surface area contributed by atoms with Gasteiger partial charge in [-0.2, -0.15) is 0 Å². The quantitative estimate of drug-likeness (QED) is 0.113. The molecule has 0 aliphatic rings. The number of imidazole rings is 1. The Kier molecular flexibility index (Phi) is 6.82. The van der Waals surface area contributed by atoms with Gasteiger partial charge in [0, 0.05) is 25.8 Å². The van der Waals surface area contributed by atoms with Crippen molar-refractivity contribution in [3.8, 4) is 50.9 Å². The van der Waals surface area contributed by atoms with E-state index in [1.807, 2.05) is 66.9 Å². The molecule has 0 aliphatic carbocycles. The first-order chi connectivity index (χ1) is 34.9. The molecule has 0 atom stereocenters. The van der Waals surface area contributed by atoms with Gasteiger partial charge in [0.25, 0.3) is 6.33 Å². The molecule has 3 aromatic heterocycles. The first kappa shape index (κ1) is 27.6. The van der Waals surface area contributed by atoms with E-state index in [0.717, 1.165) is 33.2 Å². The summed E-state index contributed by atoms with van der Waals surface area (Å²) in [6.45, 7) is 11.9. The Morgan fingerprint density at radius 1 is 0.645 bits per heavy atom. The molecule has 0 unspecified atom stereocenters. The van der Waals surface area contributed by atoms with E-state index in [-0.39, 0.29) is 33.4 Å². The lowest BCUT2D eigenvalue weighted by Gasteiger charge is -2.20. The van der Waals surface area contributed by atoms with Crippen molar-refractivity contribution in [2.75, 3.05) is 0 Å². The monoisotopic (exact) mass is 818 g/mol. The molecule has 304 valence electrons. The molecular formula is C57H50N4O. The van der Waals surface area contributed by atoms with Crippen molar-refractivity contribution in [1.29, 1.82) is 0 Å². The van der Waals surface area contributed by atoms with Crippen LogP contribution in [0.2, 0.25) is 0 Å². The molecule has 0 saturated heterocycles. The second-order valence-corrected chi connectivity index (χ2v) is 17.3. The summed E-state index contributed by atoms with van der Waals surface area (Å²) in [4.78, 5) is 4.83. The third-order valence-corrected chi connectivity index (χ3v) is 10.8. The number of benzene rings is 7. The van der Waals surface area contributed by atoms with Gasteiger partial charge in [0.2, 0.25) is 0 Å². The highest BCUT2D eigenvalue weighted by atomic mass is 16.5. The third kappa shape index (κ3) is 7.34. The Labute approximate surface area is 381 Å². The molecule has 0 spiro atoms. The summed E-state index contributed by atoms with van der Waals surface area (Å²) in [6.07, 6.45) is 3.35. The summed E-state index contributed by atoms with van der Waals surface area (Å²) < 4.78 is 119. The minimum Gasteiger partial charge on any atom is -0.458 e. The van der Waals surface area contributed by atoms with E-state index >= 15 is 0 Å². The van der Waals surface area contributed by atoms with Crippen molar-refractivity contribution in [3.05, 3.63) is 199 Å². The Morgan fingerprint density at radius 2 is 1.32 bits per heavy atom. The molecule has 0 bridgehead atoms. The zero-order chi connectivity index (χ0) is 53.1. The van der Waals surface area contributed by atoms with Gasteiger partial charge in [0.1, 0.15) is 17.3 Å². The zero-order valence-corrected chi connectivity index (χ0v) is 35.2. The molecule has 0 amide bonds. The standard InChI is InChI=1S/C57H50N4O/c1-56(2,3)37-39-27-30-51-53(33-39)60(55-46(40-17-9-7-10-18-40)24-16-25-47(55)41-19-11-8-12-20-41)38-59(51)43-21-15-22-44(35-43)62-45-28-29-49-48-23-13-14-26-50(48)61(52(49)36-45)54-34-42(31-32-58-54)57(4,5)6/h7-36H,37H2,1-6H3/i7D,8D,9D,10D,11D,12D,17D,18D,19D,20D,37D2. The number of aromatic nitrogens is 4. The highest BCUT2D eigenvalue weighted by Gasteiger charge is 2.22. The third-order valence-electron chi connectivity index (χ3n) is 10.8. The lowest BCUT2D eigenvalue weighted by atomic mass is 9.88. The number of rotatable bonds is 8. The van der Waals surface area contributed by atoms with Crippen molar-refractivity contribution >= 4 is 32.8 Å². The van der Waals surface area contributed by atoms with Crippen LogP contribution < -0.4 is 9.30 Å².